The number of carbonyl (C=O) groups is 3. The lowest BCUT2D eigenvalue weighted by Gasteiger charge is -2.35. The molecule has 2 fully saturated rings. The van der Waals surface area contributed by atoms with E-state index in [9.17, 15) is 14.4 Å². The fraction of sp³-hybridized carbons (Fsp3) is 0.333. The number of carbonyl (C=O) groups excluding carboxylic acids is 3. The van der Waals surface area contributed by atoms with Crippen LogP contribution >= 0.6 is 0 Å². The molecular weight excluding hydrogens is 320 g/mol. The maximum atomic E-state index is 13.1. The third-order valence-corrected chi connectivity index (χ3v) is 4.90. The number of hydrogen-bond acceptors (Lipinski definition) is 4. The first kappa shape index (κ1) is 15.6. The number of aromatic nitrogens is 1. The van der Waals surface area contributed by atoms with Gasteiger partial charge >= 0.3 is 6.03 Å². The third-order valence-electron chi connectivity index (χ3n) is 4.90. The second kappa shape index (κ2) is 5.54. The summed E-state index contributed by atoms with van der Waals surface area (Å²) in [6.07, 6.45) is 1.70. The summed E-state index contributed by atoms with van der Waals surface area (Å²) in [5.41, 5.74) is 3.26. The second-order valence-electron chi connectivity index (χ2n) is 6.59. The molecule has 0 radical (unpaired) electrons. The van der Waals surface area contributed by atoms with E-state index in [1.54, 1.807) is 11.1 Å². The van der Waals surface area contributed by atoms with Crippen molar-refractivity contribution in [1.29, 1.82) is 0 Å². The molecule has 7 heteroatoms. The first-order valence-corrected chi connectivity index (χ1v) is 8.22. The highest BCUT2D eigenvalue weighted by Crippen LogP contribution is 2.25. The van der Waals surface area contributed by atoms with Gasteiger partial charge in [-0.15, -0.1) is 0 Å². The van der Waals surface area contributed by atoms with Gasteiger partial charge in [-0.05, 0) is 43.2 Å². The Hall–Kier alpha value is -2.96. The van der Waals surface area contributed by atoms with Gasteiger partial charge in [0.1, 0.15) is 6.04 Å². The van der Waals surface area contributed by atoms with Crippen molar-refractivity contribution >= 4 is 28.7 Å². The van der Waals surface area contributed by atoms with Gasteiger partial charge in [-0.25, -0.2) is 4.79 Å². The van der Waals surface area contributed by atoms with E-state index >= 15 is 0 Å². The highest BCUT2D eigenvalue weighted by atomic mass is 16.2. The van der Waals surface area contributed by atoms with Crippen LogP contribution in [0.1, 0.15) is 21.5 Å². The summed E-state index contributed by atoms with van der Waals surface area (Å²) in [4.78, 5) is 44.2. The number of nitrogens with one attached hydrogen (secondary N) is 1. The maximum absolute atomic E-state index is 13.1. The van der Waals surface area contributed by atoms with Gasteiger partial charge in [-0.1, -0.05) is 0 Å². The van der Waals surface area contributed by atoms with Gasteiger partial charge in [0.15, 0.2) is 0 Å². The summed E-state index contributed by atoms with van der Waals surface area (Å²) >= 11 is 0. The summed E-state index contributed by atoms with van der Waals surface area (Å²) in [6, 6.07) is 4.80. The number of piperazine rings is 1. The van der Waals surface area contributed by atoms with Crippen molar-refractivity contribution in [3.8, 4) is 0 Å². The molecule has 0 bridgehead atoms. The first-order chi connectivity index (χ1) is 12.0. The summed E-state index contributed by atoms with van der Waals surface area (Å²) in [5.74, 6) is -0.496. The van der Waals surface area contributed by atoms with Gasteiger partial charge in [0.2, 0.25) is 0 Å². The second-order valence-corrected chi connectivity index (χ2v) is 6.59. The number of pyridine rings is 1. The van der Waals surface area contributed by atoms with Crippen LogP contribution in [0.4, 0.5) is 4.79 Å². The fourth-order valence-electron chi connectivity index (χ4n) is 3.56. The summed E-state index contributed by atoms with van der Waals surface area (Å²) in [5, 5.41) is 3.26. The monoisotopic (exact) mass is 338 g/mol. The number of urea groups is 1. The van der Waals surface area contributed by atoms with E-state index in [2.05, 4.69) is 10.3 Å². The highest BCUT2D eigenvalue weighted by Gasteiger charge is 2.43. The third kappa shape index (κ3) is 2.43. The Morgan fingerprint density at radius 3 is 2.84 bits per heavy atom. The number of nitrogens with zero attached hydrogens (tertiary/aromatic N) is 3. The van der Waals surface area contributed by atoms with E-state index in [1.165, 1.54) is 4.90 Å². The molecular formula is C18H18N4O3. The quantitative estimate of drug-likeness (QED) is 0.793. The molecule has 0 spiro atoms. The van der Waals surface area contributed by atoms with Crippen molar-refractivity contribution in [3.63, 3.8) is 0 Å². The zero-order chi connectivity index (χ0) is 17.7. The molecule has 2 aromatic rings. The maximum Gasteiger partial charge on any atom is 0.324 e. The number of aryl methyl sites for hydroxylation is 2. The Morgan fingerprint density at radius 2 is 2.04 bits per heavy atom. The van der Waals surface area contributed by atoms with Gasteiger partial charge in [-0.2, -0.15) is 0 Å². The SMILES string of the molecule is Cc1cc(C(=O)N2CCN3C(=O)NC(=O)C3C2)c2nccc(C)c2c1. The number of fused-ring (bicyclic) bond motifs is 2. The van der Waals surface area contributed by atoms with Gasteiger partial charge < -0.3 is 9.80 Å². The standard InChI is InChI=1S/C18H18N4O3/c1-10-7-12-11(2)3-4-19-15(12)13(8-10)17(24)21-5-6-22-14(9-21)16(23)20-18(22)25/h3-4,7-8,14H,5-6,9H2,1-2H3,(H,20,23,25). The zero-order valence-corrected chi connectivity index (χ0v) is 14.1. The number of imide groups is 1. The zero-order valence-electron chi connectivity index (χ0n) is 14.1. The molecule has 1 atom stereocenters. The van der Waals surface area contributed by atoms with Crippen molar-refractivity contribution in [2.45, 2.75) is 19.9 Å². The molecule has 4 rings (SSSR count). The smallest absolute Gasteiger partial charge is 0.324 e. The summed E-state index contributed by atoms with van der Waals surface area (Å²) in [7, 11) is 0. The Bertz CT molecular complexity index is 924. The summed E-state index contributed by atoms with van der Waals surface area (Å²) < 4.78 is 0. The first-order valence-electron chi connectivity index (χ1n) is 8.22. The van der Waals surface area contributed by atoms with Crippen molar-refractivity contribution in [2.24, 2.45) is 0 Å². The van der Waals surface area contributed by atoms with E-state index in [0.717, 1.165) is 16.5 Å². The predicted molar refractivity (Wildman–Crippen MR) is 91.2 cm³/mol. The van der Waals surface area contributed by atoms with Gasteiger partial charge in [-0.3, -0.25) is 19.9 Å². The molecule has 1 aromatic heterocycles. The van der Waals surface area contributed by atoms with Crippen molar-refractivity contribution in [2.75, 3.05) is 19.6 Å². The average Bonchev–Trinajstić information content (AvgIpc) is 2.88. The molecule has 1 N–H and O–H groups in total. The lowest BCUT2D eigenvalue weighted by Crippen LogP contribution is -2.54. The number of rotatable bonds is 1. The number of benzene rings is 1. The minimum Gasteiger partial charge on any atom is -0.334 e. The molecule has 1 aromatic carbocycles. The van der Waals surface area contributed by atoms with Crippen LogP contribution in [0, 0.1) is 13.8 Å². The van der Waals surface area contributed by atoms with Crippen LogP contribution in [0.25, 0.3) is 10.9 Å². The van der Waals surface area contributed by atoms with Crippen LogP contribution in [-0.4, -0.2) is 58.3 Å². The Morgan fingerprint density at radius 1 is 1.24 bits per heavy atom. The average molecular weight is 338 g/mol. The molecule has 3 heterocycles. The molecule has 2 aliphatic heterocycles. The molecule has 4 amide bonds. The molecule has 25 heavy (non-hydrogen) atoms. The van der Waals surface area contributed by atoms with Crippen LogP contribution in [-0.2, 0) is 4.79 Å². The Labute approximate surface area is 144 Å². The largest absolute Gasteiger partial charge is 0.334 e. The van der Waals surface area contributed by atoms with E-state index in [0.29, 0.717) is 24.2 Å². The predicted octanol–water partition coefficient (Wildman–Crippen LogP) is 1.23. The topological polar surface area (TPSA) is 82.6 Å². The van der Waals surface area contributed by atoms with Crippen LogP contribution in [0.2, 0.25) is 0 Å². The number of amides is 4. The Balaban J connectivity index is 1.70. The van der Waals surface area contributed by atoms with Crippen LogP contribution < -0.4 is 5.32 Å². The molecule has 128 valence electrons. The minimum absolute atomic E-state index is 0.154. The van der Waals surface area contributed by atoms with Crippen LogP contribution in [0.5, 0.6) is 0 Å². The fourth-order valence-corrected chi connectivity index (χ4v) is 3.56. The summed E-state index contributed by atoms with van der Waals surface area (Å²) in [6.45, 7) is 4.90. The molecule has 0 saturated carbocycles. The molecule has 7 nitrogen and oxygen atoms in total. The minimum atomic E-state index is -0.601. The van der Waals surface area contributed by atoms with E-state index in [1.807, 2.05) is 32.0 Å². The van der Waals surface area contributed by atoms with E-state index in [4.69, 9.17) is 0 Å². The van der Waals surface area contributed by atoms with Crippen molar-refractivity contribution in [3.05, 3.63) is 41.1 Å². The van der Waals surface area contributed by atoms with Gasteiger partial charge in [0.25, 0.3) is 11.8 Å². The Kier molecular flexibility index (Phi) is 3.45. The highest BCUT2D eigenvalue weighted by molar-refractivity contribution is 6.08. The van der Waals surface area contributed by atoms with Crippen LogP contribution in [0.3, 0.4) is 0 Å². The van der Waals surface area contributed by atoms with Crippen LogP contribution in [0.15, 0.2) is 24.4 Å². The van der Waals surface area contributed by atoms with Gasteiger partial charge in [0.05, 0.1) is 17.6 Å². The lowest BCUT2D eigenvalue weighted by molar-refractivity contribution is -0.122. The molecule has 2 saturated heterocycles. The molecule has 2 aliphatic rings. The van der Waals surface area contributed by atoms with Gasteiger partial charge in [0, 0.05) is 24.7 Å². The van der Waals surface area contributed by atoms with Crippen molar-refractivity contribution in [1.82, 2.24) is 20.1 Å². The molecule has 1 unspecified atom stereocenters. The molecule has 0 aliphatic carbocycles. The normalized spacial score (nSPS) is 20.0. The van der Waals surface area contributed by atoms with E-state index in [-0.39, 0.29) is 24.4 Å². The lowest BCUT2D eigenvalue weighted by atomic mass is 10.0. The van der Waals surface area contributed by atoms with Crippen molar-refractivity contribution < 1.29 is 14.4 Å². The number of hydrogen-bond donors (Lipinski definition) is 1. The van der Waals surface area contributed by atoms with E-state index < -0.39 is 6.04 Å².